The van der Waals surface area contributed by atoms with E-state index in [2.05, 4.69) is 10.2 Å². The normalized spacial score (nSPS) is 17.8. The molecule has 1 atom stereocenters. The number of ether oxygens (including phenoxy) is 2. The molecule has 1 aromatic heterocycles. The van der Waals surface area contributed by atoms with Crippen molar-refractivity contribution in [2.45, 2.75) is 30.6 Å². The number of rotatable bonds is 6. The minimum absolute atomic E-state index is 0.307. The molecule has 1 unspecified atom stereocenters. The lowest BCUT2D eigenvalue weighted by Crippen LogP contribution is -2.10. The van der Waals surface area contributed by atoms with Gasteiger partial charge in [-0.2, -0.15) is 0 Å². The molecule has 1 aromatic carbocycles. The van der Waals surface area contributed by atoms with Crippen LogP contribution in [0.2, 0.25) is 0 Å². The van der Waals surface area contributed by atoms with Crippen LogP contribution in [0.25, 0.3) is 5.69 Å². The van der Waals surface area contributed by atoms with Gasteiger partial charge in [0.1, 0.15) is 5.75 Å². The molecule has 0 aliphatic carbocycles. The number of benzene rings is 1. The van der Waals surface area contributed by atoms with Crippen LogP contribution in [0.5, 0.6) is 5.75 Å². The third-order valence-corrected chi connectivity index (χ3v) is 4.68. The summed E-state index contributed by atoms with van der Waals surface area (Å²) in [6.45, 7) is 1.20. The molecule has 1 fully saturated rings. The Morgan fingerprint density at radius 2 is 2.36 bits per heavy atom. The van der Waals surface area contributed by atoms with Crippen molar-refractivity contribution in [2.24, 2.45) is 5.73 Å². The molecule has 2 heterocycles. The van der Waals surface area contributed by atoms with Crippen LogP contribution in [-0.2, 0) is 11.3 Å². The molecule has 6 nitrogen and oxygen atoms in total. The molecule has 0 amide bonds. The number of thioether (sulfide) groups is 1. The van der Waals surface area contributed by atoms with E-state index in [1.54, 1.807) is 18.9 Å². The zero-order chi connectivity index (χ0) is 15.4. The molecule has 2 N–H and O–H groups in total. The summed E-state index contributed by atoms with van der Waals surface area (Å²) >= 11 is 1.66. The standard InChI is InChI=1S/C15H20N4O2S/c1-20-12-5-2-4-11(8-12)19-14(9-16)17-18-15(19)22-10-13-6-3-7-21-13/h2,4-5,8,13H,3,6-7,9-10,16H2,1H3. The number of nitrogens with zero attached hydrogens (tertiary/aromatic N) is 3. The summed E-state index contributed by atoms with van der Waals surface area (Å²) < 4.78 is 13.0. The van der Waals surface area contributed by atoms with Crippen molar-refractivity contribution in [3.8, 4) is 11.4 Å². The van der Waals surface area contributed by atoms with E-state index in [-0.39, 0.29) is 0 Å². The lowest BCUT2D eigenvalue weighted by Gasteiger charge is -2.12. The third-order valence-electron chi connectivity index (χ3n) is 3.62. The monoisotopic (exact) mass is 320 g/mol. The maximum atomic E-state index is 5.80. The van der Waals surface area contributed by atoms with Gasteiger partial charge in [0.25, 0.3) is 0 Å². The highest BCUT2D eigenvalue weighted by molar-refractivity contribution is 7.99. The highest BCUT2D eigenvalue weighted by atomic mass is 32.2. The SMILES string of the molecule is COc1cccc(-n2c(CN)nnc2SCC2CCCO2)c1. The van der Waals surface area contributed by atoms with Crippen molar-refractivity contribution in [1.82, 2.24) is 14.8 Å². The topological polar surface area (TPSA) is 75.2 Å². The summed E-state index contributed by atoms with van der Waals surface area (Å²) in [6.07, 6.45) is 2.56. The zero-order valence-corrected chi connectivity index (χ0v) is 13.4. The number of aromatic nitrogens is 3. The van der Waals surface area contributed by atoms with Crippen molar-refractivity contribution in [3.05, 3.63) is 30.1 Å². The fourth-order valence-electron chi connectivity index (χ4n) is 2.48. The Morgan fingerprint density at radius 3 is 3.09 bits per heavy atom. The van der Waals surface area contributed by atoms with Crippen molar-refractivity contribution < 1.29 is 9.47 Å². The first-order chi connectivity index (χ1) is 10.8. The summed E-state index contributed by atoms with van der Waals surface area (Å²) in [5.41, 5.74) is 6.76. The van der Waals surface area contributed by atoms with Crippen LogP contribution in [0.4, 0.5) is 0 Å². The van der Waals surface area contributed by atoms with Crippen LogP contribution < -0.4 is 10.5 Å². The lowest BCUT2D eigenvalue weighted by molar-refractivity contribution is 0.129. The molecule has 1 aliphatic rings. The quantitative estimate of drug-likeness (QED) is 0.821. The average Bonchev–Trinajstić information content (AvgIpc) is 3.22. The summed E-state index contributed by atoms with van der Waals surface area (Å²) in [5.74, 6) is 2.42. The summed E-state index contributed by atoms with van der Waals surface area (Å²) in [5, 5.41) is 9.31. The van der Waals surface area contributed by atoms with E-state index in [1.807, 2.05) is 28.8 Å². The van der Waals surface area contributed by atoms with Crippen molar-refractivity contribution in [1.29, 1.82) is 0 Å². The van der Waals surface area contributed by atoms with E-state index >= 15 is 0 Å². The van der Waals surface area contributed by atoms with E-state index in [9.17, 15) is 0 Å². The molecule has 3 rings (SSSR count). The molecule has 22 heavy (non-hydrogen) atoms. The van der Waals surface area contributed by atoms with Crippen LogP contribution >= 0.6 is 11.8 Å². The fourth-order valence-corrected chi connectivity index (χ4v) is 3.51. The first-order valence-electron chi connectivity index (χ1n) is 7.35. The second-order valence-electron chi connectivity index (χ2n) is 5.09. The van der Waals surface area contributed by atoms with E-state index in [1.165, 1.54) is 0 Å². The van der Waals surface area contributed by atoms with Crippen LogP contribution in [0.3, 0.4) is 0 Å². The number of hydrogen-bond donors (Lipinski definition) is 1. The molecule has 0 saturated carbocycles. The van der Waals surface area contributed by atoms with Gasteiger partial charge < -0.3 is 15.2 Å². The first kappa shape index (κ1) is 15.3. The van der Waals surface area contributed by atoms with E-state index in [4.69, 9.17) is 15.2 Å². The van der Waals surface area contributed by atoms with Crippen molar-refractivity contribution >= 4 is 11.8 Å². The van der Waals surface area contributed by atoms with E-state index < -0.39 is 0 Å². The van der Waals surface area contributed by atoms with Gasteiger partial charge in [-0.1, -0.05) is 17.8 Å². The first-order valence-corrected chi connectivity index (χ1v) is 8.33. The summed E-state index contributed by atoms with van der Waals surface area (Å²) in [4.78, 5) is 0. The van der Waals surface area contributed by atoms with Crippen molar-refractivity contribution in [3.63, 3.8) is 0 Å². The highest BCUT2D eigenvalue weighted by Crippen LogP contribution is 2.27. The van der Waals surface area contributed by atoms with Crippen LogP contribution in [-0.4, -0.2) is 40.3 Å². The van der Waals surface area contributed by atoms with Crippen molar-refractivity contribution in [2.75, 3.05) is 19.5 Å². The maximum Gasteiger partial charge on any atom is 0.195 e. The smallest absolute Gasteiger partial charge is 0.195 e. The molecule has 1 aliphatic heterocycles. The van der Waals surface area contributed by atoms with E-state index in [0.29, 0.717) is 12.6 Å². The van der Waals surface area contributed by atoms with Crippen LogP contribution in [0, 0.1) is 0 Å². The minimum Gasteiger partial charge on any atom is -0.497 e. The van der Waals surface area contributed by atoms with Gasteiger partial charge in [-0.25, -0.2) is 0 Å². The average molecular weight is 320 g/mol. The Morgan fingerprint density at radius 1 is 1.45 bits per heavy atom. The van der Waals surface area contributed by atoms with Crippen LogP contribution in [0.15, 0.2) is 29.4 Å². The molecule has 0 bridgehead atoms. The molecule has 1 saturated heterocycles. The fraction of sp³-hybridized carbons (Fsp3) is 0.467. The number of nitrogens with two attached hydrogens (primary N) is 1. The van der Waals surface area contributed by atoms with Gasteiger partial charge >= 0.3 is 0 Å². The van der Waals surface area contributed by atoms with Gasteiger partial charge in [0.05, 0.1) is 25.4 Å². The van der Waals surface area contributed by atoms with Gasteiger partial charge in [0.2, 0.25) is 0 Å². The minimum atomic E-state index is 0.307. The van der Waals surface area contributed by atoms with Gasteiger partial charge in [-0.15, -0.1) is 10.2 Å². The Balaban J connectivity index is 1.85. The van der Waals surface area contributed by atoms with Gasteiger partial charge in [-0.3, -0.25) is 4.57 Å². The third kappa shape index (κ3) is 3.26. The Bertz CT molecular complexity index is 626. The second-order valence-corrected chi connectivity index (χ2v) is 6.07. The zero-order valence-electron chi connectivity index (χ0n) is 12.6. The van der Waals surface area contributed by atoms with Gasteiger partial charge in [0.15, 0.2) is 11.0 Å². The predicted octanol–water partition coefficient (Wildman–Crippen LogP) is 2.01. The second kappa shape index (κ2) is 7.13. The van der Waals surface area contributed by atoms with Crippen LogP contribution in [0.1, 0.15) is 18.7 Å². The van der Waals surface area contributed by atoms with E-state index in [0.717, 1.165) is 47.6 Å². The molecule has 7 heteroatoms. The predicted molar refractivity (Wildman–Crippen MR) is 85.5 cm³/mol. The maximum absolute atomic E-state index is 5.80. The Hall–Kier alpha value is -1.57. The largest absolute Gasteiger partial charge is 0.497 e. The molecule has 2 aromatic rings. The van der Waals surface area contributed by atoms with Gasteiger partial charge in [-0.05, 0) is 25.0 Å². The number of methoxy groups -OCH3 is 1. The summed E-state index contributed by atoms with van der Waals surface area (Å²) in [7, 11) is 1.65. The highest BCUT2D eigenvalue weighted by Gasteiger charge is 2.19. The summed E-state index contributed by atoms with van der Waals surface area (Å²) in [6, 6.07) is 7.82. The molecule has 0 radical (unpaired) electrons. The Kier molecular flexibility index (Phi) is 4.97. The molecular formula is C15H20N4O2S. The Labute approximate surface area is 134 Å². The molecule has 0 spiro atoms. The lowest BCUT2D eigenvalue weighted by atomic mass is 10.3. The number of hydrogen-bond acceptors (Lipinski definition) is 6. The molecular weight excluding hydrogens is 300 g/mol. The van der Waals surface area contributed by atoms with Gasteiger partial charge in [0, 0.05) is 18.4 Å². The molecule has 118 valence electrons.